The molecular formula is C26H30F3N7O4S2Si. The monoisotopic (exact) mass is 653 g/mol. The number of ether oxygens (including phenoxy) is 1. The number of nitrogens with zero attached hydrogens (tertiary/aromatic N) is 5. The second kappa shape index (κ2) is 11.9. The fourth-order valence-electron chi connectivity index (χ4n) is 4.03. The summed E-state index contributed by atoms with van der Waals surface area (Å²) in [6, 6.07) is 3.93. The van der Waals surface area contributed by atoms with E-state index in [2.05, 4.69) is 49.6 Å². The van der Waals surface area contributed by atoms with Crippen molar-refractivity contribution in [3.05, 3.63) is 53.2 Å². The minimum Gasteiger partial charge on any atom is -0.361 e. The van der Waals surface area contributed by atoms with Crippen LogP contribution in [0.2, 0.25) is 25.7 Å². The summed E-state index contributed by atoms with van der Waals surface area (Å²) in [7, 11) is -4.80. The van der Waals surface area contributed by atoms with Crippen LogP contribution >= 0.6 is 11.3 Å². The van der Waals surface area contributed by atoms with Gasteiger partial charge in [-0.05, 0) is 31.0 Å². The van der Waals surface area contributed by atoms with Gasteiger partial charge < -0.3 is 14.6 Å². The van der Waals surface area contributed by atoms with E-state index in [4.69, 9.17) is 4.74 Å². The number of thiazole rings is 1. The number of amides is 1. The lowest BCUT2D eigenvalue weighted by atomic mass is 10.3. The van der Waals surface area contributed by atoms with E-state index in [1.165, 1.54) is 35.3 Å². The Hall–Kier alpha value is -3.41. The van der Waals surface area contributed by atoms with Crippen LogP contribution in [0.3, 0.4) is 0 Å². The molecule has 1 aliphatic rings. The van der Waals surface area contributed by atoms with Gasteiger partial charge in [-0.1, -0.05) is 19.6 Å². The van der Waals surface area contributed by atoms with Gasteiger partial charge in [0, 0.05) is 33.3 Å². The van der Waals surface area contributed by atoms with Crippen LogP contribution < -0.4 is 10.0 Å². The molecule has 0 saturated heterocycles. The van der Waals surface area contributed by atoms with Crippen LogP contribution in [0.25, 0.3) is 21.7 Å². The highest BCUT2D eigenvalue weighted by molar-refractivity contribution is 7.93. The number of rotatable bonds is 12. The summed E-state index contributed by atoms with van der Waals surface area (Å²) in [5, 5.41) is 2.35. The lowest BCUT2D eigenvalue weighted by Gasteiger charge is -2.15. The summed E-state index contributed by atoms with van der Waals surface area (Å²) >= 11 is 0.952. The third kappa shape index (κ3) is 7.76. The van der Waals surface area contributed by atoms with Crippen LogP contribution in [-0.2, 0) is 34.2 Å². The number of fused-ring (bicyclic) bond motifs is 1. The van der Waals surface area contributed by atoms with E-state index in [1.807, 2.05) is 0 Å². The standard InChI is InChI=1S/C26H30F3N7O4S2Si/c1-43(2,3)9-8-40-15-36-14-19(26(27,28)29)22-23(36)31-12-20(34-22)21-13-33-25(41-21)24(37)32-11-17-10-16(6-7-30-17)35-42(38,39)18-4-5-18/h6-7,10,12-14,18H,4-5,8-9,11,15H2,1-3H3,(H,30,35)(H,32,37). The molecule has 1 fully saturated rings. The number of pyridine rings is 1. The van der Waals surface area contributed by atoms with Crippen molar-refractivity contribution < 1.29 is 31.1 Å². The number of carbonyl (C=O) groups is 1. The van der Waals surface area contributed by atoms with Crippen molar-refractivity contribution in [1.82, 2.24) is 29.8 Å². The maximum absolute atomic E-state index is 13.9. The van der Waals surface area contributed by atoms with Gasteiger partial charge in [-0.15, -0.1) is 11.3 Å². The highest BCUT2D eigenvalue weighted by Gasteiger charge is 2.37. The van der Waals surface area contributed by atoms with Gasteiger partial charge in [0.15, 0.2) is 10.7 Å². The maximum Gasteiger partial charge on any atom is 0.420 e. The Morgan fingerprint density at radius 2 is 1.95 bits per heavy atom. The Balaban J connectivity index is 1.28. The van der Waals surface area contributed by atoms with Crippen LogP contribution in [0.1, 0.15) is 33.9 Å². The molecule has 0 unspecified atom stereocenters. The molecule has 43 heavy (non-hydrogen) atoms. The lowest BCUT2D eigenvalue weighted by Crippen LogP contribution is -2.23. The van der Waals surface area contributed by atoms with E-state index in [9.17, 15) is 26.4 Å². The van der Waals surface area contributed by atoms with E-state index >= 15 is 0 Å². The van der Waals surface area contributed by atoms with Gasteiger partial charge in [0.05, 0.1) is 34.2 Å². The number of aromatic nitrogens is 5. The average molecular weight is 654 g/mol. The fraction of sp³-hybridized carbons (Fsp3) is 0.423. The molecular weight excluding hydrogens is 624 g/mol. The normalized spacial score (nSPS) is 14.3. The number of carbonyl (C=O) groups excluding carboxylic acids is 1. The summed E-state index contributed by atoms with van der Waals surface area (Å²) in [6.07, 6.45) is 1.68. The molecule has 1 saturated carbocycles. The summed E-state index contributed by atoms with van der Waals surface area (Å²) in [5.74, 6) is -0.534. The average Bonchev–Trinajstić information content (AvgIpc) is 3.57. The minimum absolute atomic E-state index is 0.000969. The van der Waals surface area contributed by atoms with Gasteiger partial charge in [-0.2, -0.15) is 13.2 Å². The molecule has 0 aromatic carbocycles. The zero-order valence-electron chi connectivity index (χ0n) is 23.6. The molecule has 1 amide bonds. The molecule has 0 aliphatic heterocycles. The van der Waals surface area contributed by atoms with Gasteiger partial charge in [0.25, 0.3) is 5.91 Å². The molecule has 230 valence electrons. The number of alkyl halides is 3. The third-order valence-electron chi connectivity index (χ3n) is 6.52. The number of hydrogen-bond donors (Lipinski definition) is 2. The number of sulfonamides is 1. The van der Waals surface area contributed by atoms with E-state index in [0.29, 0.717) is 35.7 Å². The first-order valence-corrected chi connectivity index (χ1v) is 19.5. The van der Waals surface area contributed by atoms with Crippen LogP contribution in [0.5, 0.6) is 0 Å². The molecule has 4 aromatic heterocycles. The predicted octanol–water partition coefficient (Wildman–Crippen LogP) is 5.12. The molecule has 17 heteroatoms. The number of anilines is 1. The molecule has 4 aromatic rings. The quantitative estimate of drug-likeness (QED) is 0.159. The van der Waals surface area contributed by atoms with Gasteiger partial charge in [0.2, 0.25) is 10.0 Å². The van der Waals surface area contributed by atoms with E-state index < -0.39 is 35.7 Å². The van der Waals surface area contributed by atoms with Gasteiger partial charge in [-0.25, -0.2) is 23.4 Å². The van der Waals surface area contributed by atoms with Crippen LogP contribution in [0, 0.1) is 0 Å². The Morgan fingerprint density at radius 3 is 2.65 bits per heavy atom. The Labute approximate surface area is 251 Å². The Morgan fingerprint density at radius 1 is 1.19 bits per heavy atom. The van der Waals surface area contributed by atoms with Crippen molar-refractivity contribution in [3.8, 4) is 10.6 Å². The van der Waals surface area contributed by atoms with Crippen LogP contribution in [0.15, 0.2) is 36.9 Å². The largest absolute Gasteiger partial charge is 0.420 e. The smallest absolute Gasteiger partial charge is 0.361 e. The molecule has 11 nitrogen and oxygen atoms in total. The van der Waals surface area contributed by atoms with Crippen molar-refractivity contribution in [1.29, 1.82) is 0 Å². The van der Waals surface area contributed by atoms with E-state index in [0.717, 1.165) is 23.6 Å². The number of nitrogens with one attached hydrogen (secondary N) is 2. The van der Waals surface area contributed by atoms with Crippen molar-refractivity contribution in [2.75, 3.05) is 11.3 Å². The summed E-state index contributed by atoms with van der Waals surface area (Å²) in [5.41, 5.74) is -0.290. The molecule has 0 spiro atoms. The molecule has 0 radical (unpaired) electrons. The summed E-state index contributed by atoms with van der Waals surface area (Å²) in [6.45, 7) is 6.91. The number of hydrogen-bond acceptors (Lipinski definition) is 9. The van der Waals surface area contributed by atoms with Gasteiger partial charge in [-0.3, -0.25) is 14.5 Å². The second-order valence-corrected chi connectivity index (χ2v) is 20.0. The van der Waals surface area contributed by atoms with Gasteiger partial charge in [0.1, 0.15) is 23.5 Å². The second-order valence-electron chi connectivity index (χ2n) is 11.4. The van der Waals surface area contributed by atoms with Crippen molar-refractivity contribution >= 4 is 52.2 Å². The van der Waals surface area contributed by atoms with Crippen molar-refractivity contribution in [2.45, 2.75) is 63.2 Å². The SMILES string of the molecule is C[Si](C)(C)CCOCn1cc(C(F)(F)F)c2nc(-c3cnc(C(=O)NCc4cc(NS(=O)(=O)C5CC5)ccn4)s3)cnc21. The summed E-state index contributed by atoms with van der Waals surface area (Å²) in [4.78, 5) is 29.9. The first-order chi connectivity index (χ1) is 20.2. The first-order valence-electron chi connectivity index (χ1n) is 13.4. The Bertz CT molecular complexity index is 1750. The zero-order valence-corrected chi connectivity index (χ0v) is 26.2. The highest BCUT2D eigenvalue weighted by atomic mass is 32.2. The molecule has 4 heterocycles. The van der Waals surface area contributed by atoms with Crippen LogP contribution in [-0.4, -0.2) is 58.8 Å². The van der Waals surface area contributed by atoms with Crippen molar-refractivity contribution in [3.63, 3.8) is 0 Å². The third-order valence-corrected chi connectivity index (χ3v) is 11.1. The van der Waals surface area contributed by atoms with Gasteiger partial charge >= 0.3 is 6.18 Å². The van der Waals surface area contributed by atoms with Crippen LogP contribution in [0.4, 0.5) is 18.9 Å². The fourth-order valence-corrected chi connectivity index (χ4v) is 6.95. The number of halogens is 3. The topological polar surface area (TPSA) is 141 Å². The Kier molecular flexibility index (Phi) is 8.61. The van der Waals surface area contributed by atoms with Crippen molar-refractivity contribution in [2.24, 2.45) is 0 Å². The highest BCUT2D eigenvalue weighted by Crippen LogP contribution is 2.36. The first kappa shape index (κ1) is 31.0. The molecule has 2 N–H and O–H groups in total. The molecule has 0 atom stereocenters. The molecule has 5 rings (SSSR count). The minimum atomic E-state index is -4.66. The molecule has 0 bridgehead atoms. The van der Waals surface area contributed by atoms with E-state index in [-0.39, 0.29) is 40.4 Å². The maximum atomic E-state index is 13.9. The zero-order chi connectivity index (χ0) is 31.0. The summed E-state index contributed by atoms with van der Waals surface area (Å²) < 4.78 is 75.5. The predicted molar refractivity (Wildman–Crippen MR) is 159 cm³/mol. The lowest BCUT2D eigenvalue weighted by molar-refractivity contribution is -0.136. The van der Waals surface area contributed by atoms with E-state index in [1.54, 1.807) is 0 Å². The molecule has 1 aliphatic carbocycles.